The first kappa shape index (κ1) is 11.2. The molecule has 1 aromatic rings. The first-order valence-electron chi connectivity index (χ1n) is 5.95. The fourth-order valence-corrected chi connectivity index (χ4v) is 2.74. The van der Waals surface area contributed by atoms with E-state index in [0.717, 1.165) is 5.56 Å². The van der Waals surface area contributed by atoms with Crippen LogP contribution in [0.15, 0.2) is 30.3 Å². The monoisotopic (exact) mass is 246 g/mol. The predicted molar refractivity (Wildman–Crippen MR) is 63.1 cm³/mol. The van der Waals surface area contributed by atoms with Crippen molar-refractivity contribution in [1.29, 1.82) is 0 Å². The fraction of sp³-hybridized carbons (Fsp3) is 0.385. The molecule has 18 heavy (non-hydrogen) atoms. The Bertz CT molecular complexity index is 488. The van der Waals surface area contributed by atoms with Crippen LogP contribution >= 0.6 is 0 Å². The Kier molecular flexibility index (Phi) is 2.56. The maximum atomic E-state index is 12.0. The zero-order valence-corrected chi connectivity index (χ0v) is 9.78. The lowest BCUT2D eigenvalue weighted by Gasteiger charge is -2.23. The molecule has 2 aliphatic rings. The Balaban J connectivity index is 1.90. The van der Waals surface area contributed by atoms with E-state index >= 15 is 0 Å². The van der Waals surface area contributed by atoms with Crippen LogP contribution in [0.5, 0.6) is 0 Å². The van der Waals surface area contributed by atoms with Crippen LogP contribution in [0.25, 0.3) is 0 Å². The molecule has 1 aromatic carbocycles. The van der Waals surface area contributed by atoms with Crippen molar-refractivity contribution in [1.82, 2.24) is 4.90 Å². The summed E-state index contributed by atoms with van der Waals surface area (Å²) in [6, 6.07) is 9.33. The van der Waals surface area contributed by atoms with Crippen LogP contribution in [0.4, 0.5) is 0 Å². The molecule has 0 radical (unpaired) electrons. The van der Waals surface area contributed by atoms with Crippen LogP contribution in [0.3, 0.4) is 0 Å². The van der Waals surface area contributed by atoms with Gasteiger partial charge in [0.2, 0.25) is 11.8 Å². The Morgan fingerprint density at radius 2 is 2.06 bits per heavy atom. The van der Waals surface area contributed by atoms with Gasteiger partial charge in [0.05, 0.1) is 18.6 Å². The Morgan fingerprint density at radius 1 is 1.33 bits per heavy atom. The van der Waals surface area contributed by atoms with E-state index in [1.165, 1.54) is 0 Å². The number of nitrogens with zero attached hydrogens (tertiary/aromatic N) is 1. The van der Waals surface area contributed by atoms with Gasteiger partial charge in [0.1, 0.15) is 0 Å². The van der Waals surface area contributed by atoms with E-state index in [1.807, 2.05) is 30.3 Å². The third-order valence-corrected chi connectivity index (χ3v) is 3.63. The zero-order chi connectivity index (χ0) is 12.7. The molecule has 0 spiro atoms. The van der Waals surface area contributed by atoms with Gasteiger partial charge in [-0.1, -0.05) is 30.3 Å². The molecule has 0 aliphatic carbocycles. The zero-order valence-electron chi connectivity index (χ0n) is 9.78. The first-order chi connectivity index (χ1) is 8.68. The molecule has 2 heterocycles. The molecular formula is C13H14N2O3. The number of carbonyl (C=O) groups excluding carboxylic acids is 2. The average molecular weight is 246 g/mol. The van der Waals surface area contributed by atoms with Gasteiger partial charge in [-0.2, -0.15) is 0 Å². The molecule has 0 bridgehead atoms. The molecule has 0 saturated carbocycles. The Hall–Kier alpha value is -1.88. The van der Waals surface area contributed by atoms with Crippen molar-refractivity contribution in [2.24, 2.45) is 11.7 Å². The minimum atomic E-state index is -0.425. The Morgan fingerprint density at radius 3 is 2.72 bits per heavy atom. The van der Waals surface area contributed by atoms with Crippen molar-refractivity contribution in [3.8, 4) is 0 Å². The average Bonchev–Trinajstić information content (AvgIpc) is 2.92. The highest BCUT2D eigenvalue weighted by Crippen LogP contribution is 2.39. The highest BCUT2D eigenvalue weighted by Gasteiger charge is 2.50. The van der Waals surface area contributed by atoms with Crippen LogP contribution in [0.1, 0.15) is 18.2 Å². The molecule has 3 atom stereocenters. The van der Waals surface area contributed by atoms with Crippen molar-refractivity contribution in [2.75, 3.05) is 6.61 Å². The predicted octanol–water partition coefficient (Wildman–Crippen LogP) is 0.418. The SMILES string of the molecule is NC(=O)[C@H]1CC(=O)N2[C@@H](c3ccccc3)OC[C@H]12. The number of primary amides is 1. The summed E-state index contributed by atoms with van der Waals surface area (Å²) in [5, 5.41) is 0. The molecule has 2 fully saturated rings. The van der Waals surface area contributed by atoms with Gasteiger partial charge in [0, 0.05) is 12.0 Å². The van der Waals surface area contributed by atoms with Crippen LogP contribution < -0.4 is 5.73 Å². The summed E-state index contributed by atoms with van der Waals surface area (Å²) < 4.78 is 5.65. The second-order valence-electron chi connectivity index (χ2n) is 4.68. The molecule has 0 unspecified atom stereocenters. The van der Waals surface area contributed by atoms with Crippen LogP contribution in [-0.4, -0.2) is 29.4 Å². The number of rotatable bonds is 2. The summed E-state index contributed by atoms with van der Waals surface area (Å²) in [5.74, 6) is -0.908. The largest absolute Gasteiger partial charge is 0.369 e. The molecule has 0 aromatic heterocycles. The van der Waals surface area contributed by atoms with E-state index in [1.54, 1.807) is 4.90 Å². The highest BCUT2D eigenvalue weighted by molar-refractivity contribution is 5.89. The lowest BCUT2D eigenvalue weighted by atomic mass is 10.0. The molecule has 2 N–H and O–H groups in total. The summed E-state index contributed by atoms with van der Waals surface area (Å²) in [5.41, 5.74) is 6.26. The number of hydrogen-bond donors (Lipinski definition) is 1. The van der Waals surface area contributed by atoms with Crippen LogP contribution in [-0.2, 0) is 14.3 Å². The van der Waals surface area contributed by atoms with Gasteiger partial charge in [-0.05, 0) is 0 Å². The van der Waals surface area contributed by atoms with Gasteiger partial charge in [0.15, 0.2) is 6.23 Å². The maximum absolute atomic E-state index is 12.0. The number of fused-ring (bicyclic) bond motifs is 1. The van der Waals surface area contributed by atoms with Crippen molar-refractivity contribution in [3.63, 3.8) is 0 Å². The molecule has 5 nitrogen and oxygen atoms in total. The molecule has 3 rings (SSSR count). The minimum Gasteiger partial charge on any atom is -0.369 e. The van der Waals surface area contributed by atoms with Gasteiger partial charge in [0.25, 0.3) is 0 Å². The van der Waals surface area contributed by atoms with Crippen molar-refractivity contribution in [2.45, 2.75) is 18.7 Å². The van der Waals surface area contributed by atoms with E-state index in [4.69, 9.17) is 10.5 Å². The van der Waals surface area contributed by atoms with E-state index in [0.29, 0.717) is 6.61 Å². The van der Waals surface area contributed by atoms with E-state index in [9.17, 15) is 9.59 Å². The van der Waals surface area contributed by atoms with E-state index in [-0.39, 0.29) is 24.6 Å². The normalized spacial score (nSPS) is 30.6. The number of hydrogen-bond acceptors (Lipinski definition) is 3. The van der Waals surface area contributed by atoms with E-state index in [2.05, 4.69) is 0 Å². The summed E-state index contributed by atoms with van der Waals surface area (Å²) in [4.78, 5) is 25.0. The minimum absolute atomic E-state index is 0.0600. The number of carbonyl (C=O) groups is 2. The van der Waals surface area contributed by atoms with Crippen LogP contribution in [0.2, 0.25) is 0 Å². The fourth-order valence-electron chi connectivity index (χ4n) is 2.74. The molecule has 94 valence electrons. The van der Waals surface area contributed by atoms with Crippen molar-refractivity contribution < 1.29 is 14.3 Å². The van der Waals surface area contributed by atoms with Gasteiger partial charge < -0.3 is 15.4 Å². The highest BCUT2D eigenvalue weighted by atomic mass is 16.5. The van der Waals surface area contributed by atoms with Gasteiger partial charge >= 0.3 is 0 Å². The van der Waals surface area contributed by atoms with Gasteiger partial charge in [-0.25, -0.2) is 0 Å². The summed E-state index contributed by atoms with van der Waals surface area (Å²) >= 11 is 0. The molecule has 2 aliphatic heterocycles. The molecule has 2 saturated heterocycles. The lowest BCUT2D eigenvalue weighted by Crippen LogP contribution is -2.37. The Labute approximate surface area is 105 Å². The smallest absolute Gasteiger partial charge is 0.226 e. The second-order valence-corrected chi connectivity index (χ2v) is 4.68. The van der Waals surface area contributed by atoms with Crippen molar-refractivity contribution >= 4 is 11.8 Å². The maximum Gasteiger partial charge on any atom is 0.226 e. The van der Waals surface area contributed by atoms with Gasteiger partial charge in [-0.15, -0.1) is 0 Å². The van der Waals surface area contributed by atoms with Crippen LogP contribution in [0, 0.1) is 5.92 Å². The number of ether oxygens (including phenoxy) is 1. The number of nitrogens with two attached hydrogens (primary N) is 1. The lowest BCUT2D eigenvalue weighted by molar-refractivity contribution is -0.134. The number of benzene rings is 1. The summed E-state index contributed by atoms with van der Waals surface area (Å²) in [6.45, 7) is 0.374. The van der Waals surface area contributed by atoms with E-state index < -0.39 is 11.8 Å². The van der Waals surface area contributed by atoms with Gasteiger partial charge in [-0.3, -0.25) is 9.59 Å². The number of amides is 2. The third kappa shape index (κ3) is 1.59. The quantitative estimate of drug-likeness (QED) is 0.821. The standard InChI is InChI=1S/C13H14N2O3/c14-12(17)9-6-11(16)15-10(9)7-18-13(15)8-4-2-1-3-5-8/h1-5,9-10,13H,6-7H2,(H2,14,17)/t9-,10+,13+/m0/s1. The third-order valence-electron chi connectivity index (χ3n) is 3.63. The molecular weight excluding hydrogens is 232 g/mol. The first-order valence-corrected chi connectivity index (χ1v) is 5.95. The second kappa shape index (κ2) is 4.10. The summed E-state index contributed by atoms with van der Waals surface area (Å²) in [6.07, 6.45) is -0.180. The summed E-state index contributed by atoms with van der Waals surface area (Å²) in [7, 11) is 0. The van der Waals surface area contributed by atoms with Crippen molar-refractivity contribution in [3.05, 3.63) is 35.9 Å². The molecule has 5 heteroatoms. The topological polar surface area (TPSA) is 72.6 Å². The molecule has 2 amide bonds.